The third-order valence-electron chi connectivity index (χ3n) is 7.43. The molecule has 1 saturated carbocycles. The fourth-order valence-corrected chi connectivity index (χ4v) is 5.18. The second-order valence-corrected chi connectivity index (χ2v) is 10.2. The molecular weight excluding hydrogens is 498 g/mol. The summed E-state index contributed by atoms with van der Waals surface area (Å²) in [6.07, 6.45) is 4.10. The van der Waals surface area contributed by atoms with Crippen LogP contribution in [0.25, 0.3) is 0 Å². The van der Waals surface area contributed by atoms with E-state index in [1.54, 1.807) is 24.1 Å². The van der Waals surface area contributed by atoms with Crippen molar-refractivity contribution in [3.63, 3.8) is 0 Å². The van der Waals surface area contributed by atoms with Crippen LogP contribution in [0.15, 0.2) is 42.5 Å². The van der Waals surface area contributed by atoms with E-state index in [9.17, 15) is 14.4 Å². The first kappa shape index (κ1) is 28.2. The van der Waals surface area contributed by atoms with Crippen LogP contribution in [0.4, 0.5) is 16.2 Å². The molecule has 2 aromatic carbocycles. The van der Waals surface area contributed by atoms with Crippen molar-refractivity contribution in [2.45, 2.75) is 50.6 Å². The van der Waals surface area contributed by atoms with Gasteiger partial charge in [-0.3, -0.25) is 9.59 Å². The van der Waals surface area contributed by atoms with Crippen molar-refractivity contribution in [1.29, 1.82) is 0 Å². The Labute approximate surface area is 229 Å². The van der Waals surface area contributed by atoms with Gasteiger partial charge in [0.15, 0.2) is 0 Å². The van der Waals surface area contributed by atoms with Gasteiger partial charge < -0.3 is 35.6 Å². The van der Waals surface area contributed by atoms with E-state index in [4.69, 9.17) is 15.2 Å². The van der Waals surface area contributed by atoms with Crippen molar-refractivity contribution in [1.82, 2.24) is 10.2 Å². The number of nitrogens with two attached hydrogens (primary N) is 1. The Hall–Kier alpha value is -3.79. The van der Waals surface area contributed by atoms with Gasteiger partial charge in [-0.05, 0) is 68.0 Å². The molecule has 2 aromatic rings. The molecule has 1 aliphatic carbocycles. The minimum absolute atomic E-state index is 0.0972. The summed E-state index contributed by atoms with van der Waals surface area (Å²) in [5.41, 5.74) is 8.73. The van der Waals surface area contributed by atoms with Gasteiger partial charge in [-0.2, -0.15) is 0 Å². The van der Waals surface area contributed by atoms with Crippen molar-refractivity contribution in [3.8, 4) is 5.75 Å². The van der Waals surface area contributed by atoms with Gasteiger partial charge in [0.05, 0.1) is 32.0 Å². The topological polar surface area (TPSA) is 126 Å². The van der Waals surface area contributed by atoms with Crippen molar-refractivity contribution in [2.75, 3.05) is 50.6 Å². The molecule has 3 amide bonds. The van der Waals surface area contributed by atoms with E-state index in [0.29, 0.717) is 37.4 Å². The Balaban J connectivity index is 1.53. The highest BCUT2D eigenvalue weighted by Gasteiger charge is 2.24. The number of ether oxygens (including phenoxy) is 2. The van der Waals surface area contributed by atoms with E-state index >= 15 is 0 Å². The van der Waals surface area contributed by atoms with E-state index in [1.807, 2.05) is 30.3 Å². The molecule has 0 spiro atoms. The second-order valence-electron chi connectivity index (χ2n) is 10.2. The molecule has 1 heterocycles. The molecule has 210 valence electrons. The Morgan fingerprint density at radius 3 is 2.38 bits per heavy atom. The highest BCUT2D eigenvalue weighted by Crippen LogP contribution is 2.29. The number of nitrogens with one attached hydrogen (secondary N) is 2. The van der Waals surface area contributed by atoms with Crippen LogP contribution in [0.5, 0.6) is 5.75 Å². The van der Waals surface area contributed by atoms with Crippen LogP contribution in [-0.2, 0) is 16.0 Å². The molecule has 39 heavy (non-hydrogen) atoms. The van der Waals surface area contributed by atoms with Crippen LogP contribution < -0.4 is 26.0 Å². The smallest absolute Gasteiger partial charge is 0.409 e. The highest BCUT2D eigenvalue weighted by atomic mass is 16.5. The first-order chi connectivity index (χ1) is 18.9. The largest absolute Gasteiger partial charge is 0.497 e. The van der Waals surface area contributed by atoms with Crippen LogP contribution in [-0.4, -0.2) is 75.3 Å². The molecule has 0 unspecified atom stereocenters. The Bertz CT molecular complexity index is 1150. The maximum absolute atomic E-state index is 13.1. The van der Waals surface area contributed by atoms with Crippen LogP contribution in [0, 0.1) is 0 Å². The zero-order valence-electron chi connectivity index (χ0n) is 22.8. The molecule has 1 aliphatic heterocycles. The molecular formula is C29H39N5O5. The summed E-state index contributed by atoms with van der Waals surface area (Å²) in [4.78, 5) is 42.1. The summed E-state index contributed by atoms with van der Waals surface area (Å²) in [5, 5.41) is 6.17. The Morgan fingerprint density at radius 1 is 0.949 bits per heavy atom. The van der Waals surface area contributed by atoms with Gasteiger partial charge in [-0.15, -0.1) is 0 Å². The van der Waals surface area contributed by atoms with Crippen LogP contribution >= 0.6 is 0 Å². The summed E-state index contributed by atoms with van der Waals surface area (Å²) < 4.78 is 10.1. The minimum Gasteiger partial charge on any atom is -0.497 e. The summed E-state index contributed by atoms with van der Waals surface area (Å²) in [6, 6.07) is 13.1. The van der Waals surface area contributed by atoms with E-state index < -0.39 is 0 Å². The second kappa shape index (κ2) is 13.3. The van der Waals surface area contributed by atoms with Gasteiger partial charge in [0, 0.05) is 43.8 Å². The fraction of sp³-hybridized carbons (Fsp3) is 0.483. The number of nitrogens with zero attached hydrogens (tertiary/aromatic N) is 2. The lowest BCUT2D eigenvalue weighted by atomic mass is 9.91. The standard InChI is InChI=1S/C29H39N5O5/c1-38-24-11-4-20(5-12-24)18-27(35)32-25-19-21(28(36)31-23-9-7-22(30)8-10-23)6-13-26(25)33-14-3-15-34(17-16-33)29(37)39-2/h4-6,11-13,19,22-23H,3,7-10,14-18,30H2,1-2H3,(H,31,36)(H,32,35). The molecule has 1 saturated heterocycles. The van der Waals surface area contributed by atoms with Gasteiger partial charge in [-0.1, -0.05) is 12.1 Å². The van der Waals surface area contributed by atoms with Gasteiger partial charge >= 0.3 is 6.09 Å². The van der Waals surface area contributed by atoms with Gasteiger partial charge in [-0.25, -0.2) is 4.79 Å². The molecule has 0 aromatic heterocycles. The van der Waals surface area contributed by atoms with E-state index in [2.05, 4.69) is 15.5 Å². The molecule has 4 rings (SSSR count). The lowest BCUT2D eigenvalue weighted by Crippen LogP contribution is -2.40. The number of carbonyl (C=O) groups excluding carboxylic acids is 3. The third-order valence-corrected chi connectivity index (χ3v) is 7.43. The number of hydrogen-bond acceptors (Lipinski definition) is 7. The van der Waals surface area contributed by atoms with Crippen molar-refractivity contribution in [3.05, 3.63) is 53.6 Å². The van der Waals surface area contributed by atoms with Crippen molar-refractivity contribution in [2.24, 2.45) is 5.73 Å². The first-order valence-electron chi connectivity index (χ1n) is 13.6. The van der Waals surface area contributed by atoms with Gasteiger partial charge in [0.25, 0.3) is 5.91 Å². The highest BCUT2D eigenvalue weighted by molar-refractivity contribution is 6.00. The Kier molecular flexibility index (Phi) is 9.64. The molecule has 0 radical (unpaired) electrons. The normalized spacial score (nSPS) is 19.6. The summed E-state index contributed by atoms with van der Waals surface area (Å²) in [7, 11) is 2.98. The lowest BCUT2D eigenvalue weighted by Gasteiger charge is -2.28. The van der Waals surface area contributed by atoms with Crippen LogP contribution in [0.2, 0.25) is 0 Å². The monoisotopic (exact) mass is 537 g/mol. The van der Waals surface area contributed by atoms with Gasteiger partial charge in [0.1, 0.15) is 5.75 Å². The van der Waals surface area contributed by atoms with Crippen molar-refractivity contribution >= 4 is 29.3 Å². The predicted molar refractivity (Wildman–Crippen MR) is 150 cm³/mol. The van der Waals surface area contributed by atoms with Crippen LogP contribution in [0.3, 0.4) is 0 Å². The summed E-state index contributed by atoms with van der Waals surface area (Å²) in [5.74, 6) is 0.369. The molecule has 2 fully saturated rings. The number of benzene rings is 2. The molecule has 2 aliphatic rings. The summed E-state index contributed by atoms with van der Waals surface area (Å²) >= 11 is 0. The number of rotatable bonds is 7. The maximum Gasteiger partial charge on any atom is 0.409 e. The number of amides is 3. The third kappa shape index (κ3) is 7.63. The zero-order valence-corrected chi connectivity index (χ0v) is 22.8. The lowest BCUT2D eigenvalue weighted by molar-refractivity contribution is -0.115. The fourth-order valence-electron chi connectivity index (χ4n) is 5.18. The van der Waals surface area contributed by atoms with E-state index in [0.717, 1.165) is 49.1 Å². The van der Waals surface area contributed by atoms with Crippen LogP contribution in [0.1, 0.15) is 48.0 Å². The number of anilines is 2. The summed E-state index contributed by atoms with van der Waals surface area (Å²) in [6.45, 7) is 2.36. The number of carbonyl (C=O) groups is 3. The van der Waals surface area contributed by atoms with E-state index in [-0.39, 0.29) is 36.4 Å². The molecule has 0 atom stereocenters. The molecule has 10 heteroatoms. The van der Waals surface area contributed by atoms with Gasteiger partial charge in [0.2, 0.25) is 5.91 Å². The average Bonchev–Trinajstić information content (AvgIpc) is 3.20. The number of methoxy groups -OCH3 is 2. The molecule has 0 bridgehead atoms. The SMILES string of the molecule is COC(=O)N1CCCN(c2ccc(C(=O)NC3CCC(N)CC3)cc2NC(=O)Cc2ccc(OC)cc2)CC1. The maximum atomic E-state index is 13.1. The molecule has 10 nitrogen and oxygen atoms in total. The quantitative estimate of drug-likeness (QED) is 0.495. The number of hydrogen-bond donors (Lipinski definition) is 3. The predicted octanol–water partition coefficient (Wildman–Crippen LogP) is 3.15. The van der Waals surface area contributed by atoms with Crippen molar-refractivity contribution < 1.29 is 23.9 Å². The first-order valence-corrected chi connectivity index (χ1v) is 13.6. The Morgan fingerprint density at radius 2 is 1.69 bits per heavy atom. The molecule has 4 N–H and O–H groups in total. The minimum atomic E-state index is -0.347. The average molecular weight is 538 g/mol. The van der Waals surface area contributed by atoms with E-state index in [1.165, 1.54) is 7.11 Å². The zero-order chi connectivity index (χ0) is 27.8.